The third-order valence-electron chi connectivity index (χ3n) is 6.26. The normalized spacial score (nSPS) is 18.4. The Morgan fingerprint density at radius 2 is 1.96 bits per heavy atom. The Labute approximate surface area is 167 Å². The highest BCUT2D eigenvalue weighted by Crippen LogP contribution is 2.37. The van der Waals surface area contributed by atoms with E-state index >= 15 is 0 Å². The maximum Gasteiger partial charge on any atom is 0.253 e. The van der Waals surface area contributed by atoms with E-state index < -0.39 is 0 Å². The lowest BCUT2D eigenvalue weighted by Gasteiger charge is -2.39. The average molecular weight is 380 g/mol. The molecule has 4 rings (SSSR count). The van der Waals surface area contributed by atoms with E-state index in [0.29, 0.717) is 12.0 Å². The number of aromatic nitrogens is 1. The maximum atomic E-state index is 13.1. The number of hydrogen-bond acceptors (Lipinski definition) is 4. The number of carbonyl (C=O) groups is 1. The predicted octanol–water partition coefficient (Wildman–Crippen LogP) is 3.49. The van der Waals surface area contributed by atoms with E-state index in [-0.39, 0.29) is 5.91 Å². The fourth-order valence-corrected chi connectivity index (χ4v) is 4.53. The van der Waals surface area contributed by atoms with Crippen molar-refractivity contribution in [3.63, 3.8) is 0 Å². The van der Waals surface area contributed by atoms with Crippen molar-refractivity contribution in [1.82, 2.24) is 15.2 Å². The van der Waals surface area contributed by atoms with Gasteiger partial charge in [0.2, 0.25) is 0 Å². The van der Waals surface area contributed by atoms with Crippen molar-refractivity contribution in [3.8, 4) is 5.75 Å². The summed E-state index contributed by atoms with van der Waals surface area (Å²) in [5.41, 5.74) is 4.22. The molecule has 3 heterocycles. The largest absolute Gasteiger partial charge is 0.488 e. The molecule has 0 atom stereocenters. The van der Waals surface area contributed by atoms with Gasteiger partial charge >= 0.3 is 0 Å². The fraction of sp³-hybridized carbons (Fsp3) is 0.478. The van der Waals surface area contributed by atoms with Crippen molar-refractivity contribution in [2.75, 3.05) is 26.2 Å². The third-order valence-corrected chi connectivity index (χ3v) is 6.26. The molecule has 1 aromatic heterocycles. The standard InChI is InChI=1S/C23H29N3O2/c1-17-12-20(13-18(2)21(17)28-15-19-4-3-8-24-14-19)22(27)26-10-6-23(7-11-26)5-9-25-16-23/h3-4,8,12-14,25H,5-7,9-11,15-16H2,1-2H3. The van der Waals surface area contributed by atoms with E-state index in [1.165, 1.54) is 6.42 Å². The number of hydrogen-bond donors (Lipinski definition) is 1. The number of ether oxygens (including phenoxy) is 1. The Morgan fingerprint density at radius 1 is 1.21 bits per heavy atom. The number of aryl methyl sites for hydroxylation is 2. The van der Waals surface area contributed by atoms with Gasteiger partial charge in [0.05, 0.1) is 0 Å². The van der Waals surface area contributed by atoms with E-state index in [2.05, 4.69) is 10.3 Å². The quantitative estimate of drug-likeness (QED) is 0.883. The number of piperidine rings is 1. The molecular formula is C23H29N3O2. The van der Waals surface area contributed by atoms with Gasteiger partial charge in [0, 0.05) is 43.2 Å². The van der Waals surface area contributed by atoms with Gasteiger partial charge in [0.15, 0.2) is 0 Å². The van der Waals surface area contributed by atoms with Crippen LogP contribution in [0.25, 0.3) is 0 Å². The van der Waals surface area contributed by atoms with Gasteiger partial charge in [0.25, 0.3) is 5.91 Å². The molecule has 0 aliphatic carbocycles. The first-order valence-electron chi connectivity index (χ1n) is 10.2. The molecule has 2 aromatic rings. The van der Waals surface area contributed by atoms with Crippen LogP contribution in [0.15, 0.2) is 36.7 Å². The minimum Gasteiger partial charge on any atom is -0.488 e. The van der Waals surface area contributed by atoms with Crippen molar-refractivity contribution < 1.29 is 9.53 Å². The van der Waals surface area contributed by atoms with Crippen LogP contribution in [0.2, 0.25) is 0 Å². The van der Waals surface area contributed by atoms with Crippen LogP contribution < -0.4 is 10.1 Å². The molecule has 2 saturated heterocycles. The summed E-state index contributed by atoms with van der Waals surface area (Å²) in [7, 11) is 0. The Bertz CT molecular complexity index is 811. The molecule has 148 valence electrons. The minimum absolute atomic E-state index is 0.144. The number of rotatable bonds is 4. The van der Waals surface area contributed by atoms with Crippen LogP contribution in [0, 0.1) is 19.3 Å². The Hall–Kier alpha value is -2.40. The molecule has 2 fully saturated rings. The average Bonchev–Trinajstić information content (AvgIpc) is 3.16. The summed E-state index contributed by atoms with van der Waals surface area (Å²) < 4.78 is 6.03. The SMILES string of the molecule is Cc1cc(C(=O)N2CCC3(CCNC3)CC2)cc(C)c1OCc1cccnc1. The molecule has 1 amide bonds. The molecule has 0 bridgehead atoms. The minimum atomic E-state index is 0.144. The first kappa shape index (κ1) is 18.9. The van der Waals surface area contributed by atoms with Crippen LogP contribution in [0.5, 0.6) is 5.75 Å². The number of benzene rings is 1. The molecule has 1 N–H and O–H groups in total. The van der Waals surface area contributed by atoms with E-state index in [4.69, 9.17) is 4.74 Å². The lowest BCUT2D eigenvalue weighted by molar-refractivity contribution is 0.0607. The second-order valence-electron chi connectivity index (χ2n) is 8.31. The maximum absolute atomic E-state index is 13.1. The molecule has 0 radical (unpaired) electrons. The number of amides is 1. The molecule has 0 unspecified atom stereocenters. The number of nitrogens with one attached hydrogen (secondary N) is 1. The van der Waals surface area contributed by atoms with Gasteiger partial charge in [-0.05, 0) is 74.4 Å². The van der Waals surface area contributed by atoms with Crippen molar-refractivity contribution >= 4 is 5.91 Å². The summed E-state index contributed by atoms with van der Waals surface area (Å²) in [6, 6.07) is 7.84. The Kier molecular flexibility index (Phi) is 5.36. The van der Waals surface area contributed by atoms with Crippen molar-refractivity contribution in [2.24, 2.45) is 5.41 Å². The van der Waals surface area contributed by atoms with Crippen molar-refractivity contribution in [3.05, 3.63) is 58.9 Å². The number of carbonyl (C=O) groups excluding carboxylic acids is 1. The van der Waals surface area contributed by atoms with E-state index in [0.717, 1.165) is 67.0 Å². The van der Waals surface area contributed by atoms with Crippen LogP contribution in [0.1, 0.15) is 46.3 Å². The summed E-state index contributed by atoms with van der Waals surface area (Å²) in [6.07, 6.45) is 7.03. The summed E-state index contributed by atoms with van der Waals surface area (Å²) in [5.74, 6) is 1.00. The molecule has 1 aromatic carbocycles. The molecule has 1 spiro atoms. The monoisotopic (exact) mass is 379 g/mol. The summed E-state index contributed by atoms with van der Waals surface area (Å²) in [6.45, 7) is 8.44. The zero-order chi connectivity index (χ0) is 19.6. The molecule has 5 heteroatoms. The molecule has 28 heavy (non-hydrogen) atoms. The zero-order valence-electron chi connectivity index (χ0n) is 16.8. The topological polar surface area (TPSA) is 54.5 Å². The second kappa shape index (κ2) is 7.92. The molecule has 2 aliphatic heterocycles. The van der Waals surface area contributed by atoms with Crippen LogP contribution in [-0.4, -0.2) is 42.0 Å². The van der Waals surface area contributed by atoms with Gasteiger partial charge in [-0.2, -0.15) is 0 Å². The van der Waals surface area contributed by atoms with E-state index in [9.17, 15) is 4.79 Å². The summed E-state index contributed by atoms with van der Waals surface area (Å²) in [5, 5.41) is 3.48. The summed E-state index contributed by atoms with van der Waals surface area (Å²) >= 11 is 0. The van der Waals surface area contributed by atoms with Gasteiger partial charge in [-0.1, -0.05) is 6.07 Å². The van der Waals surface area contributed by atoms with E-state index in [1.807, 2.05) is 49.2 Å². The number of nitrogens with zero attached hydrogens (tertiary/aromatic N) is 2. The Morgan fingerprint density at radius 3 is 2.57 bits per heavy atom. The summed E-state index contributed by atoms with van der Waals surface area (Å²) in [4.78, 5) is 19.2. The van der Waals surface area contributed by atoms with Crippen LogP contribution in [0.3, 0.4) is 0 Å². The molecule has 2 aliphatic rings. The van der Waals surface area contributed by atoms with Gasteiger partial charge < -0.3 is 15.0 Å². The molecule has 5 nitrogen and oxygen atoms in total. The van der Waals surface area contributed by atoms with Crippen LogP contribution in [0.4, 0.5) is 0 Å². The second-order valence-corrected chi connectivity index (χ2v) is 8.31. The fourth-order valence-electron chi connectivity index (χ4n) is 4.53. The highest BCUT2D eigenvalue weighted by molar-refractivity contribution is 5.95. The predicted molar refractivity (Wildman–Crippen MR) is 110 cm³/mol. The Balaban J connectivity index is 1.43. The van der Waals surface area contributed by atoms with Crippen molar-refractivity contribution in [2.45, 2.75) is 39.7 Å². The highest BCUT2D eigenvalue weighted by atomic mass is 16.5. The van der Waals surface area contributed by atoms with Crippen LogP contribution in [-0.2, 0) is 6.61 Å². The molecule has 0 saturated carbocycles. The highest BCUT2D eigenvalue weighted by Gasteiger charge is 2.38. The number of likely N-dealkylation sites (tertiary alicyclic amines) is 1. The first-order valence-corrected chi connectivity index (χ1v) is 10.2. The smallest absolute Gasteiger partial charge is 0.253 e. The van der Waals surface area contributed by atoms with Gasteiger partial charge in [-0.15, -0.1) is 0 Å². The van der Waals surface area contributed by atoms with Gasteiger partial charge in [-0.25, -0.2) is 0 Å². The van der Waals surface area contributed by atoms with Crippen LogP contribution >= 0.6 is 0 Å². The van der Waals surface area contributed by atoms with Gasteiger partial charge in [0.1, 0.15) is 12.4 Å². The third kappa shape index (κ3) is 3.90. The number of pyridine rings is 1. The van der Waals surface area contributed by atoms with E-state index in [1.54, 1.807) is 6.20 Å². The van der Waals surface area contributed by atoms with Crippen molar-refractivity contribution in [1.29, 1.82) is 0 Å². The first-order chi connectivity index (χ1) is 13.6. The van der Waals surface area contributed by atoms with Gasteiger partial charge in [-0.3, -0.25) is 9.78 Å². The molecular weight excluding hydrogens is 350 g/mol. The zero-order valence-corrected chi connectivity index (χ0v) is 16.8. The lowest BCUT2D eigenvalue weighted by atomic mass is 9.78. The lowest BCUT2D eigenvalue weighted by Crippen LogP contribution is -2.44.